The molecule has 0 saturated heterocycles. The van der Waals surface area contributed by atoms with Crippen LogP contribution in [-0.2, 0) is 21.2 Å². The monoisotopic (exact) mass is 486 g/mol. The van der Waals surface area contributed by atoms with E-state index >= 15 is 0 Å². The summed E-state index contributed by atoms with van der Waals surface area (Å²) in [6.07, 6.45) is 0.217. The lowest BCUT2D eigenvalue weighted by Crippen LogP contribution is -2.42. The molecule has 1 atom stereocenters. The summed E-state index contributed by atoms with van der Waals surface area (Å²) in [6.45, 7) is 3.61. The number of hydrogen-bond donors (Lipinski definition) is 2. The Morgan fingerprint density at radius 3 is 2.30 bits per heavy atom. The Labute approximate surface area is 197 Å². The van der Waals surface area contributed by atoms with E-state index in [-0.39, 0.29) is 17.9 Å². The van der Waals surface area contributed by atoms with Gasteiger partial charge in [0.05, 0.1) is 16.5 Å². The molecule has 4 rings (SSSR count). The molecule has 3 N–H and O–H groups in total. The number of rotatable bonds is 5. The Morgan fingerprint density at radius 1 is 1.06 bits per heavy atom. The molecule has 1 unspecified atom stereocenters. The smallest absolute Gasteiger partial charge is 0.308 e. The van der Waals surface area contributed by atoms with Crippen LogP contribution in [0.5, 0.6) is 11.5 Å². The summed E-state index contributed by atoms with van der Waals surface area (Å²) in [7, 11) is -4.01. The number of aliphatic carboxylic acids is 1. The quantitative estimate of drug-likeness (QED) is 0.502. The Hall–Kier alpha value is -3.23. The summed E-state index contributed by atoms with van der Waals surface area (Å²) >= 11 is 6.20. The van der Waals surface area contributed by atoms with Crippen molar-refractivity contribution in [3.05, 3.63) is 76.3 Å². The van der Waals surface area contributed by atoms with Crippen molar-refractivity contribution in [1.82, 2.24) is 0 Å². The van der Waals surface area contributed by atoms with Crippen molar-refractivity contribution in [1.29, 1.82) is 0 Å². The second kappa shape index (κ2) is 8.61. The van der Waals surface area contributed by atoms with Gasteiger partial charge in [-0.3, -0.25) is 9.10 Å². The van der Waals surface area contributed by atoms with E-state index < -0.39 is 21.9 Å². The van der Waals surface area contributed by atoms with Crippen LogP contribution >= 0.6 is 11.6 Å². The molecule has 1 aliphatic heterocycles. The fourth-order valence-electron chi connectivity index (χ4n) is 3.94. The Balaban J connectivity index is 1.64. The van der Waals surface area contributed by atoms with Crippen molar-refractivity contribution in [2.24, 2.45) is 5.92 Å². The molecule has 3 aromatic rings. The maximum absolute atomic E-state index is 13.4. The Morgan fingerprint density at radius 2 is 1.70 bits per heavy atom. The number of carbonyl (C=O) groups is 1. The zero-order valence-corrected chi connectivity index (χ0v) is 19.7. The van der Waals surface area contributed by atoms with Gasteiger partial charge in [-0.1, -0.05) is 11.6 Å². The summed E-state index contributed by atoms with van der Waals surface area (Å²) in [5.74, 6) is -0.865. The third-order valence-electron chi connectivity index (χ3n) is 5.63. The molecule has 0 spiro atoms. The highest BCUT2D eigenvalue weighted by Crippen LogP contribution is 2.36. The van der Waals surface area contributed by atoms with Gasteiger partial charge in [0, 0.05) is 17.3 Å². The molecule has 0 aliphatic carbocycles. The second-order valence-corrected chi connectivity index (χ2v) is 10.3. The number of carboxylic acid groups (broad SMARTS) is 1. The van der Waals surface area contributed by atoms with Crippen LogP contribution in [0.2, 0.25) is 5.02 Å². The van der Waals surface area contributed by atoms with Gasteiger partial charge in [-0.2, -0.15) is 0 Å². The fraction of sp³-hybridized carbons (Fsp3) is 0.208. The van der Waals surface area contributed by atoms with Gasteiger partial charge in [0.25, 0.3) is 10.0 Å². The number of nitrogens with zero attached hydrogens (tertiary/aromatic N) is 1. The Kier molecular flexibility index (Phi) is 5.99. The molecule has 0 bridgehead atoms. The van der Waals surface area contributed by atoms with Crippen LogP contribution in [0.4, 0.5) is 11.4 Å². The molecule has 7 nitrogen and oxygen atoms in total. The van der Waals surface area contributed by atoms with Crippen LogP contribution in [0.3, 0.4) is 0 Å². The molecule has 0 fully saturated rings. The number of anilines is 2. The van der Waals surface area contributed by atoms with Crippen LogP contribution in [-0.4, -0.2) is 26.0 Å². The van der Waals surface area contributed by atoms with Gasteiger partial charge in [-0.15, -0.1) is 0 Å². The molecule has 0 amide bonds. The van der Waals surface area contributed by atoms with E-state index in [2.05, 4.69) is 0 Å². The molecular weight excluding hydrogens is 464 g/mol. The lowest BCUT2D eigenvalue weighted by atomic mass is 9.94. The number of nitrogen functional groups attached to an aromatic ring is 1. The van der Waals surface area contributed by atoms with Gasteiger partial charge in [-0.25, -0.2) is 8.42 Å². The fourth-order valence-corrected chi connectivity index (χ4v) is 5.60. The van der Waals surface area contributed by atoms with Crippen LogP contribution < -0.4 is 14.8 Å². The van der Waals surface area contributed by atoms with E-state index in [4.69, 9.17) is 22.1 Å². The van der Waals surface area contributed by atoms with E-state index in [9.17, 15) is 18.3 Å². The zero-order valence-electron chi connectivity index (χ0n) is 18.1. The molecule has 0 saturated carbocycles. The number of nitrogens with two attached hydrogens (primary N) is 1. The Bertz CT molecular complexity index is 1320. The van der Waals surface area contributed by atoms with Crippen molar-refractivity contribution in [2.45, 2.75) is 25.2 Å². The highest BCUT2D eigenvalue weighted by molar-refractivity contribution is 7.92. The summed E-state index contributed by atoms with van der Waals surface area (Å²) < 4.78 is 33.9. The molecule has 0 aromatic heterocycles. The van der Waals surface area contributed by atoms with Gasteiger partial charge in [0.2, 0.25) is 0 Å². The third kappa shape index (κ3) is 4.49. The van der Waals surface area contributed by atoms with Gasteiger partial charge in [0.1, 0.15) is 11.5 Å². The first-order valence-electron chi connectivity index (χ1n) is 10.2. The van der Waals surface area contributed by atoms with Gasteiger partial charge >= 0.3 is 5.97 Å². The predicted octanol–water partition coefficient (Wildman–Crippen LogP) is 4.78. The standard InChI is InChI=1S/C24H23ClN2O5S/c1-14-9-20(10-15(2)23(14)25)32-19-4-6-21(7-5-19)33(30,31)27-13-17(24(28)29)11-16-12-18(26)3-8-22(16)27/h3-10,12,17H,11,13,26H2,1-2H3,(H,28,29). The first-order chi connectivity index (χ1) is 15.6. The molecule has 1 aliphatic rings. The minimum Gasteiger partial charge on any atom is -0.481 e. The van der Waals surface area contributed by atoms with E-state index in [1.165, 1.54) is 12.1 Å². The average molecular weight is 487 g/mol. The number of benzene rings is 3. The zero-order chi connectivity index (χ0) is 23.9. The number of halogens is 1. The molecule has 9 heteroatoms. The average Bonchev–Trinajstić information content (AvgIpc) is 2.76. The van der Waals surface area contributed by atoms with E-state index in [0.717, 1.165) is 15.4 Å². The minimum atomic E-state index is -4.01. The van der Waals surface area contributed by atoms with Crippen LogP contribution in [0.25, 0.3) is 0 Å². The van der Waals surface area contributed by atoms with Crippen molar-refractivity contribution in [3.63, 3.8) is 0 Å². The number of carboxylic acids is 1. The summed E-state index contributed by atoms with van der Waals surface area (Å²) in [6, 6.07) is 14.5. The predicted molar refractivity (Wildman–Crippen MR) is 128 cm³/mol. The highest BCUT2D eigenvalue weighted by Gasteiger charge is 2.36. The summed E-state index contributed by atoms with van der Waals surface area (Å²) in [4.78, 5) is 11.7. The molecule has 1 heterocycles. The molecule has 172 valence electrons. The number of ether oxygens (including phenoxy) is 1. The SMILES string of the molecule is Cc1cc(Oc2ccc(S(=O)(=O)N3CC(C(=O)O)Cc4cc(N)ccc43)cc2)cc(C)c1Cl. The number of fused-ring (bicyclic) bond motifs is 1. The first-order valence-corrected chi connectivity index (χ1v) is 12.1. The summed E-state index contributed by atoms with van der Waals surface area (Å²) in [5.41, 5.74) is 9.07. The number of aryl methyl sites for hydroxylation is 2. The maximum Gasteiger partial charge on any atom is 0.308 e. The number of hydrogen-bond acceptors (Lipinski definition) is 5. The van der Waals surface area contributed by atoms with E-state index in [1.54, 1.807) is 30.3 Å². The third-order valence-corrected chi connectivity index (χ3v) is 8.02. The van der Waals surface area contributed by atoms with Gasteiger partial charge in [-0.05, 0) is 91.6 Å². The van der Waals surface area contributed by atoms with Crippen molar-refractivity contribution >= 4 is 39.0 Å². The topological polar surface area (TPSA) is 110 Å². The lowest BCUT2D eigenvalue weighted by Gasteiger charge is -2.33. The first kappa shape index (κ1) is 22.9. The van der Waals surface area contributed by atoms with Crippen LogP contribution in [0.1, 0.15) is 16.7 Å². The maximum atomic E-state index is 13.4. The second-order valence-electron chi connectivity index (χ2n) is 8.11. The number of sulfonamides is 1. The van der Waals surface area contributed by atoms with Crippen molar-refractivity contribution < 1.29 is 23.1 Å². The van der Waals surface area contributed by atoms with Crippen LogP contribution in [0.15, 0.2) is 59.5 Å². The van der Waals surface area contributed by atoms with Crippen LogP contribution in [0, 0.1) is 19.8 Å². The normalized spacial score (nSPS) is 15.7. The van der Waals surface area contributed by atoms with Crippen molar-refractivity contribution in [3.8, 4) is 11.5 Å². The molecule has 3 aromatic carbocycles. The lowest BCUT2D eigenvalue weighted by molar-refractivity contribution is -0.141. The van der Waals surface area contributed by atoms with E-state index in [0.29, 0.717) is 33.5 Å². The highest BCUT2D eigenvalue weighted by atomic mass is 35.5. The van der Waals surface area contributed by atoms with Gasteiger partial charge in [0.15, 0.2) is 0 Å². The largest absolute Gasteiger partial charge is 0.481 e. The molecule has 33 heavy (non-hydrogen) atoms. The molecular formula is C24H23ClN2O5S. The van der Waals surface area contributed by atoms with E-state index in [1.807, 2.05) is 26.0 Å². The van der Waals surface area contributed by atoms with Crippen molar-refractivity contribution in [2.75, 3.05) is 16.6 Å². The summed E-state index contributed by atoms with van der Waals surface area (Å²) in [5, 5.41) is 10.2. The van der Waals surface area contributed by atoms with Gasteiger partial charge < -0.3 is 15.6 Å². The minimum absolute atomic E-state index is 0.0344. The molecule has 0 radical (unpaired) electrons.